The molecule has 0 saturated heterocycles. The molecule has 3 aromatic rings. The van der Waals surface area contributed by atoms with E-state index in [0.717, 1.165) is 17.5 Å². The highest BCUT2D eigenvalue weighted by atomic mass is 19.2. The van der Waals surface area contributed by atoms with E-state index in [4.69, 9.17) is 0 Å². The first-order valence-electron chi connectivity index (χ1n) is 6.24. The van der Waals surface area contributed by atoms with Gasteiger partial charge in [0.1, 0.15) is 6.10 Å². The summed E-state index contributed by atoms with van der Waals surface area (Å²) in [4.78, 5) is 4.13. The van der Waals surface area contributed by atoms with E-state index >= 15 is 0 Å². The topological polar surface area (TPSA) is 33.1 Å². The summed E-state index contributed by atoms with van der Waals surface area (Å²) in [5, 5.41) is 11.1. The number of halogens is 3. The van der Waals surface area contributed by atoms with Crippen LogP contribution in [-0.4, -0.2) is 10.1 Å². The van der Waals surface area contributed by atoms with Crippen LogP contribution in [0.1, 0.15) is 17.2 Å². The predicted octanol–water partition coefficient (Wildman–Crippen LogP) is 3.73. The Morgan fingerprint density at radius 2 is 1.76 bits per heavy atom. The number of aromatic nitrogens is 1. The van der Waals surface area contributed by atoms with E-state index in [1.54, 1.807) is 30.5 Å². The van der Waals surface area contributed by atoms with Gasteiger partial charge in [-0.2, -0.15) is 0 Å². The number of rotatable bonds is 2. The minimum atomic E-state index is -1.59. The van der Waals surface area contributed by atoms with E-state index in [9.17, 15) is 18.3 Å². The lowest BCUT2D eigenvalue weighted by molar-refractivity contribution is 0.212. The number of hydrogen-bond acceptors (Lipinski definition) is 2. The molecule has 2 nitrogen and oxygen atoms in total. The summed E-state index contributed by atoms with van der Waals surface area (Å²) in [7, 11) is 0. The van der Waals surface area contributed by atoms with Gasteiger partial charge in [0.05, 0.1) is 5.52 Å². The molecule has 1 unspecified atom stereocenters. The maximum absolute atomic E-state index is 13.7. The highest BCUT2D eigenvalue weighted by molar-refractivity contribution is 5.79. The zero-order chi connectivity index (χ0) is 15.0. The second kappa shape index (κ2) is 5.18. The van der Waals surface area contributed by atoms with Crippen LogP contribution < -0.4 is 0 Å². The standard InChI is InChI=1S/C16H10F3NO/c17-12-6-5-11(14(18)15(12)19)16(21)10-4-3-9-2-1-7-20-13(9)8-10/h1-8,16,21H. The summed E-state index contributed by atoms with van der Waals surface area (Å²) in [6.45, 7) is 0. The molecule has 1 atom stereocenters. The van der Waals surface area contributed by atoms with Gasteiger partial charge in [-0.3, -0.25) is 4.98 Å². The van der Waals surface area contributed by atoms with Crippen molar-refractivity contribution in [3.63, 3.8) is 0 Å². The minimum absolute atomic E-state index is 0.316. The Morgan fingerprint density at radius 3 is 2.57 bits per heavy atom. The van der Waals surface area contributed by atoms with Crippen LogP contribution in [0.4, 0.5) is 13.2 Å². The SMILES string of the molecule is OC(c1ccc2cccnc2c1)c1ccc(F)c(F)c1F. The van der Waals surface area contributed by atoms with Crippen molar-refractivity contribution in [1.82, 2.24) is 4.98 Å². The number of aliphatic hydroxyl groups excluding tert-OH is 1. The van der Waals surface area contributed by atoms with Crippen LogP contribution in [0.25, 0.3) is 10.9 Å². The fourth-order valence-corrected chi connectivity index (χ4v) is 2.19. The Labute approximate surface area is 118 Å². The Morgan fingerprint density at radius 1 is 0.952 bits per heavy atom. The molecule has 1 heterocycles. The average molecular weight is 289 g/mol. The van der Waals surface area contributed by atoms with Crippen molar-refractivity contribution >= 4 is 10.9 Å². The van der Waals surface area contributed by atoms with Gasteiger partial charge >= 0.3 is 0 Å². The predicted molar refractivity (Wildman–Crippen MR) is 72.1 cm³/mol. The van der Waals surface area contributed by atoms with E-state index in [2.05, 4.69) is 4.98 Å². The molecule has 0 aliphatic heterocycles. The zero-order valence-electron chi connectivity index (χ0n) is 10.7. The van der Waals surface area contributed by atoms with Crippen molar-refractivity contribution in [2.75, 3.05) is 0 Å². The molecule has 2 aromatic carbocycles. The van der Waals surface area contributed by atoms with Crippen molar-refractivity contribution in [3.8, 4) is 0 Å². The summed E-state index contributed by atoms with van der Waals surface area (Å²) in [5.74, 6) is -4.27. The number of pyridine rings is 1. The van der Waals surface area contributed by atoms with Gasteiger partial charge in [-0.05, 0) is 23.8 Å². The summed E-state index contributed by atoms with van der Waals surface area (Å²) >= 11 is 0. The fraction of sp³-hybridized carbons (Fsp3) is 0.0625. The quantitative estimate of drug-likeness (QED) is 0.729. The number of nitrogens with zero attached hydrogens (tertiary/aromatic N) is 1. The molecule has 0 aliphatic rings. The molecule has 21 heavy (non-hydrogen) atoms. The largest absolute Gasteiger partial charge is 0.384 e. The lowest BCUT2D eigenvalue weighted by atomic mass is 9.99. The molecule has 0 spiro atoms. The zero-order valence-corrected chi connectivity index (χ0v) is 10.7. The van der Waals surface area contributed by atoms with Gasteiger partial charge in [0.2, 0.25) is 0 Å². The third-order valence-electron chi connectivity index (χ3n) is 3.31. The van der Waals surface area contributed by atoms with Crippen molar-refractivity contribution < 1.29 is 18.3 Å². The third kappa shape index (κ3) is 2.36. The second-order valence-corrected chi connectivity index (χ2v) is 4.62. The van der Waals surface area contributed by atoms with Crippen LogP contribution in [0.2, 0.25) is 0 Å². The average Bonchev–Trinajstić information content (AvgIpc) is 2.52. The van der Waals surface area contributed by atoms with Crippen molar-refractivity contribution in [2.24, 2.45) is 0 Å². The lowest BCUT2D eigenvalue weighted by Crippen LogP contribution is -2.05. The summed E-state index contributed by atoms with van der Waals surface area (Å²) in [6.07, 6.45) is 0.197. The van der Waals surface area contributed by atoms with Crippen molar-refractivity contribution in [2.45, 2.75) is 6.10 Å². The molecule has 0 bridgehead atoms. The number of fused-ring (bicyclic) bond motifs is 1. The molecule has 5 heteroatoms. The van der Waals surface area contributed by atoms with E-state index in [-0.39, 0.29) is 5.56 Å². The van der Waals surface area contributed by atoms with Crippen LogP contribution in [-0.2, 0) is 0 Å². The van der Waals surface area contributed by atoms with E-state index in [1.807, 2.05) is 6.07 Å². The fourth-order valence-electron chi connectivity index (χ4n) is 2.19. The first-order valence-corrected chi connectivity index (χ1v) is 6.24. The van der Waals surface area contributed by atoms with E-state index in [1.165, 1.54) is 0 Å². The van der Waals surface area contributed by atoms with Gasteiger partial charge in [0.25, 0.3) is 0 Å². The normalized spacial score (nSPS) is 12.6. The van der Waals surface area contributed by atoms with E-state index < -0.39 is 23.6 Å². The molecule has 1 aromatic heterocycles. The Kier molecular flexibility index (Phi) is 3.35. The summed E-state index contributed by atoms with van der Waals surface area (Å²) < 4.78 is 39.9. The molecule has 106 valence electrons. The molecule has 0 fully saturated rings. The van der Waals surface area contributed by atoms with Gasteiger partial charge in [0.15, 0.2) is 17.5 Å². The minimum Gasteiger partial charge on any atom is -0.384 e. The van der Waals surface area contributed by atoms with Crippen LogP contribution in [0.3, 0.4) is 0 Å². The van der Waals surface area contributed by atoms with Crippen LogP contribution >= 0.6 is 0 Å². The number of aliphatic hydroxyl groups is 1. The summed E-state index contributed by atoms with van der Waals surface area (Å²) in [5.41, 5.74) is 0.660. The summed E-state index contributed by atoms with van der Waals surface area (Å²) in [6, 6.07) is 10.3. The molecule has 0 saturated carbocycles. The maximum atomic E-state index is 13.7. The van der Waals surface area contributed by atoms with Crippen LogP contribution in [0.5, 0.6) is 0 Å². The highest BCUT2D eigenvalue weighted by Gasteiger charge is 2.20. The molecule has 0 aliphatic carbocycles. The first-order chi connectivity index (χ1) is 10.1. The Hall–Kier alpha value is -2.40. The van der Waals surface area contributed by atoms with Gasteiger partial charge in [0, 0.05) is 17.1 Å². The van der Waals surface area contributed by atoms with Gasteiger partial charge in [-0.1, -0.05) is 24.3 Å². The van der Waals surface area contributed by atoms with Gasteiger partial charge < -0.3 is 5.11 Å². The first kappa shape index (κ1) is 13.6. The smallest absolute Gasteiger partial charge is 0.194 e. The highest BCUT2D eigenvalue weighted by Crippen LogP contribution is 2.28. The molecule has 1 N–H and O–H groups in total. The molecule has 0 amide bonds. The molecular weight excluding hydrogens is 279 g/mol. The van der Waals surface area contributed by atoms with Crippen LogP contribution in [0, 0.1) is 17.5 Å². The van der Waals surface area contributed by atoms with Gasteiger partial charge in [-0.25, -0.2) is 13.2 Å². The monoisotopic (exact) mass is 289 g/mol. The number of hydrogen-bond donors (Lipinski definition) is 1. The van der Waals surface area contributed by atoms with Crippen molar-refractivity contribution in [3.05, 3.63) is 77.2 Å². The lowest BCUT2D eigenvalue weighted by Gasteiger charge is -2.13. The number of benzene rings is 2. The molecule has 0 radical (unpaired) electrons. The Balaban J connectivity index is 2.08. The maximum Gasteiger partial charge on any atom is 0.194 e. The molecule has 3 rings (SSSR count). The van der Waals surface area contributed by atoms with Gasteiger partial charge in [-0.15, -0.1) is 0 Å². The molecular formula is C16H10F3NO. The Bertz CT molecular complexity index is 820. The van der Waals surface area contributed by atoms with Crippen LogP contribution in [0.15, 0.2) is 48.7 Å². The van der Waals surface area contributed by atoms with E-state index in [0.29, 0.717) is 11.1 Å². The second-order valence-electron chi connectivity index (χ2n) is 4.62. The third-order valence-corrected chi connectivity index (χ3v) is 3.31. The van der Waals surface area contributed by atoms with Crippen molar-refractivity contribution in [1.29, 1.82) is 0 Å².